The molecule has 0 saturated carbocycles. The number of carbonyl (C=O) groups excluding carboxylic acids is 1. The molecule has 0 saturated heterocycles. The normalized spacial score (nSPS) is 12.5. The summed E-state index contributed by atoms with van der Waals surface area (Å²) in [6.07, 6.45) is 1.08. The van der Waals surface area contributed by atoms with Gasteiger partial charge in [-0.3, -0.25) is 15.1 Å². The first-order valence-electron chi connectivity index (χ1n) is 13.2. The summed E-state index contributed by atoms with van der Waals surface area (Å²) in [5, 5.41) is 0. The third kappa shape index (κ3) is 8.17. The number of rotatable bonds is 14. The molecule has 1 unspecified atom stereocenters. The molecule has 0 aliphatic rings. The zero-order valence-corrected chi connectivity index (χ0v) is 22.9. The summed E-state index contributed by atoms with van der Waals surface area (Å²) >= 11 is 0. The Hall–Kier alpha value is -3.16. The second-order valence-corrected chi connectivity index (χ2v) is 10.5. The lowest BCUT2D eigenvalue weighted by Gasteiger charge is -2.26. The van der Waals surface area contributed by atoms with Crippen molar-refractivity contribution in [1.29, 1.82) is 0 Å². The number of allylic oxidation sites excluding steroid dienone is 1. The van der Waals surface area contributed by atoms with Gasteiger partial charge in [-0.25, -0.2) is 10.8 Å². The third-order valence-electron chi connectivity index (χ3n) is 6.34. The van der Waals surface area contributed by atoms with Gasteiger partial charge in [0.25, 0.3) is 0 Å². The molecule has 0 radical (unpaired) electrons. The third-order valence-corrected chi connectivity index (χ3v) is 6.34. The predicted molar refractivity (Wildman–Crippen MR) is 151 cm³/mol. The number of ether oxygens (including phenoxy) is 1. The van der Waals surface area contributed by atoms with E-state index >= 15 is 0 Å². The van der Waals surface area contributed by atoms with Gasteiger partial charge < -0.3 is 9.15 Å². The highest BCUT2D eigenvalue weighted by atomic mass is 16.5. The lowest BCUT2D eigenvalue weighted by atomic mass is 9.89. The van der Waals surface area contributed by atoms with Crippen LogP contribution in [0.5, 0.6) is 5.75 Å². The van der Waals surface area contributed by atoms with E-state index in [2.05, 4.69) is 49.6 Å². The van der Waals surface area contributed by atoms with Crippen molar-refractivity contribution >= 4 is 22.6 Å². The number of hydrogen-bond acceptors (Lipinski definition) is 6. The molecular weight excluding hydrogens is 464 g/mol. The van der Waals surface area contributed by atoms with Crippen LogP contribution < -0.4 is 16.0 Å². The number of amides is 1. The molecule has 7 nitrogen and oxygen atoms in total. The fourth-order valence-electron chi connectivity index (χ4n) is 4.58. The van der Waals surface area contributed by atoms with Crippen molar-refractivity contribution in [2.75, 3.05) is 26.2 Å². The summed E-state index contributed by atoms with van der Waals surface area (Å²) in [4.78, 5) is 18.9. The van der Waals surface area contributed by atoms with Crippen molar-refractivity contribution in [3.63, 3.8) is 0 Å². The molecular formula is C30H42N4O3. The lowest BCUT2D eigenvalue weighted by Crippen LogP contribution is -2.34. The number of hydrogen-bond donors (Lipinski definition) is 2. The molecule has 1 heterocycles. The molecule has 3 aromatic rings. The van der Waals surface area contributed by atoms with Gasteiger partial charge in [-0.2, -0.15) is 0 Å². The summed E-state index contributed by atoms with van der Waals surface area (Å²) in [5.74, 6) is 7.64. The molecule has 1 aromatic heterocycles. The Labute approximate surface area is 221 Å². The van der Waals surface area contributed by atoms with E-state index in [-0.39, 0.29) is 11.8 Å². The summed E-state index contributed by atoms with van der Waals surface area (Å²) in [5.41, 5.74) is 6.32. The fraction of sp³-hybridized carbons (Fsp3) is 0.467. The average Bonchev–Trinajstić information content (AvgIpc) is 3.29. The van der Waals surface area contributed by atoms with E-state index in [0.29, 0.717) is 36.3 Å². The molecule has 0 aliphatic carbocycles. The number of hydrazine groups is 1. The molecule has 3 N–H and O–H groups in total. The van der Waals surface area contributed by atoms with Gasteiger partial charge in [0.05, 0.1) is 0 Å². The monoisotopic (exact) mass is 506 g/mol. The first kappa shape index (κ1) is 28.4. The maximum Gasteiger partial charge on any atom is 0.234 e. The van der Waals surface area contributed by atoms with Gasteiger partial charge in [0.15, 0.2) is 5.58 Å². The van der Waals surface area contributed by atoms with Crippen molar-refractivity contribution in [2.45, 2.75) is 47.5 Å². The molecule has 1 amide bonds. The highest BCUT2D eigenvalue weighted by Crippen LogP contribution is 2.32. The van der Waals surface area contributed by atoms with Gasteiger partial charge in [-0.1, -0.05) is 53.3 Å². The molecule has 1 atom stereocenters. The van der Waals surface area contributed by atoms with Crippen molar-refractivity contribution in [3.8, 4) is 17.2 Å². The second-order valence-electron chi connectivity index (χ2n) is 10.5. The molecule has 0 spiro atoms. The number of nitrogens with two attached hydrogens (primary N) is 1. The first-order valence-corrected chi connectivity index (χ1v) is 13.2. The van der Waals surface area contributed by atoms with Crippen molar-refractivity contribution in [1.82, 2.24) is 15.3 Å². The number of fused-ring (bicyclic) bond motifs is 1. The minimum absolute atomic E-state index is 0.00535. The van der Waals surface area contributed by atoms with Crippen LogP contribution in [-0.2, 0) is 4.79 Å². The zero-order chi connectivity index (χ0) is 26.9. The van der Waals surface area contributed by atoms with Crippen LogP contribution >= 0.6 is 0 Å². The largest absolute Gasteiger partial charge is 0.492 e. The van der Waals surface area contributed by atoms with E-state index < -0.39 is 0 Å². The van der Waals surface area contributed by atoms with Gasteiger partial charge in [-0.05, 0) is 65.6 Å². The zero-order valence-electron chi connectivity index (χ0n) is 22.9. The summed E-state index contributed by atoms with van der Waals surface area (Å²) < 4.78 is 12.2. The molecule has 200 valence electrons. The van der Waals surface area contributed by atoms with Crippen LogP contribution in [-0.4, -0.2) is 42.0 Å². The Morgan fingerprint density at radius 2 is 1.86 bits per heavy atom. The molecule has 3 rings (SSSR count). The topological polar surface area (TPSA) is 93.6 Å². The van der Waals surface area contributed by atoms with Gasteiger partial charge in [0.1, 0.15) is 17.9 Å². The molecule has 0 bridgehead atoms. The average molecular weight is 507 g/mol. The number of nitrogens with one attached hydrogen (secondary N) is 1. The highest BCUT2D eigenvalue weighted by Gasteiger charge is 2.18. The number of carbonyl (C=O) groups is 1. The second kappa shape index (κ2) is 13.4. The molecule has 7 heteroatoms. The Morgan fingerprint density at radius 1 is 1.14 bits per heavy atom. The van der Waals surface area contributed by atoms with Gasteiger partial charge in [-0.15, -0.1) is 0 Å². The van der Waals surface area contributed by atoms with Crippen molar-refractivity contribution in [2.24, 2.45) is 23.6 Å². The van der Waals surface area contributed by atoms with Crippen molar-refractivity contribution < 1.29 is 13.9 Å². The lowest BCUT2D eigenvalue weighted by molar-refractivity contribution is -0.121. The summed E-state index contributed by atoms with van der Waals surface area (Å²) in [6, 6.07) is 13.7. The maximum absolute atomic E-state index is 11.8. The van der Waals surface area contributed by atoms with Gasteiger partial charge in [0.2, 0.25) is 11.8 Å². The fourth-order valence-corrected chi connectivity index (χ4v) is 4.58. The van der Waals surface area contributed by atoms with Crippen molar-refractivity contribution in [3.05, 3.63) is 54.6 Å². The van der Waals surface area contributed by atoms with E-state index in [1.54, 1.807) is 0 Å². The minimum atomic E-state index is -0.203. The maximum atomic E-state index is 11.8. The van der Waals surface area contributed by atoms with Crippen LogP contribution in [0.15, 0.2) is 53.5 Å². The smallest absolute Gasteiger partial charge is 0.234 e. The van der Waals surface area contributed by atoms with E-state index in [0.717, 1.165) is 54.0 Å². The summed E-state index contributed by atoms with van der Waals surface area (Å²) in [6.45, 7) is 18.9. The number of oxazole rings is 1. The van der Waals surface area contributed by atoms with Gasteiger partial charge >= 0.3 is 0 Å². The predicted octanol–water partition coefficient (Wildman–Crippen LogP) is 5.91. The Kier molecular flexibility index (Phi) is 10.3. The quantitative estimate of drug-likeness (QED) is 0.160. The van der Waals surface area contributed by atoms with Gasteiger partial charge in [0, 0.05) is 31.6 Å². The molecule has 37 heavy (non-hydrogen) atoms. The Bertz CT molecular complexity index is 1170. The molecule has 0 aliphatic heterocycles. The molecule has 0 fully saturated rings. The van der Waals surface area contributed by atoms with E-state index in [9.17, 15) is 4.79 Å². The van der Waals surface area contributed by atoms with E-state index in [1.807, 2.05) is 49.4 Å². The SMILES string of the molecule is C=C(c1ccc2nc(-c3cccc(OCCN(CC(C)C)CC(C)C)c3)oc2c1)C(CC)CC(=O)NN. The first-order chi connectivity index (χ1) is 17.7. The standard InChI is InChI=1S/C30H42N4O3/c1-7-23(17-29(35)33-31)22(6)24-11-12-27-28(16-24)37-30(32-27)25-9-8-10-26(15-25)36-14-13-34(18-20(2)3)19-21(4)5/h8-12,15-16,20-21,23H,6-7,13-14,17-19,31H2,1-5H3,(H,33,35). The summed E-state index contributed by atoms with van der Waals surface area (Å²) in [7, 11) is 0. The number of aromatic nitrogens is 1. The van der Waals surface area contributed by atoms with Crippen LogP contribution in [0, 0.1) is 17.8 Å². The number of nitrogens with zero attached hydrogens (tertiary/aromatic N) is 2. The minimum Gasteiger partial charge on any atom is -0.492 e. The highest BCUT2D eigenvalue weighted by molar-refractivity contribution is 5.83. The van der Waals surface area contributed by atoms with E-state index in [4.69, 9.17) is 15.0 Å². The Morgan fingerprint density at radius 3 is 2.51 bits per heavy atom. The number of benzene rings is 2. The van der Waals surface area contributed by atoms with E-state index in [1.165, 1.54) is 0 Å². The van der Waals surface area contributed by atoms with Crippen LogP contribution in [0.25, 0.3) is 28.1 Å². The van der Waals surface area contributed by atoms with Crippen LogP contribution in [0.4, 0.5) is 0 Å². The molecule has 2 aromatic carbocycles. The van der Waals surface area contributed by atoms with Crippen LogP contribution in [0.1, 0.15) is 53.0 Å². The van der Waals surface area contributed by atoms with Crippen LogP contribution in [0.2, 0.25) is 0 Å². The van der Waals surface area contributed by atoms with Crippen LogP contribution in [0.3, 0.4) is 0 Å². The Balaban J connectivity index is 1.71.